The van der Waals surface area contributed by atoms with Crippen molar-refractivity contribution in [3.05, 3.63) is 29.8 Å². The average Bonchev–Trinajstić information content (AvgIpc) is 2.83. The van der Waals surface area contributed by atoms with Crippen molar-refractivity contribution in [3.63, 3.8) is 0 Å². The van der Waals surface area contributed by atoms with Crippen LogP contribution in [0.1, 0.15) is 5.56 Å². The molecule has 3 rings (SSSR count). The first-order valence-electron chi connectivity index (χ1n) is 5.98. The van der Waals surface area contributed by atoms with Crippen LogP contribution in [0.4, 0.5) is 5.69 Å². The Morgan fingerprint density at radius 3 is 2.88 bits per heavy atom. The van der Waals surface area contributed by atoms with Crippen molar-refractivity contribution < 1.29 is 4.84 Å². The molecule has 0 amide bonds. The molecule has 0 aliphatic carbocycles. The van der Waals surface area contributed by atoms with E-state index in [1.165, 1.54) is 11.3 Å². The lowest BCUT2D eigenvalue weighted by Gasteiger charge is -2.09. The van der Waals surface area contributed by atoms with E-state index in [4.69, 9.17) is 10.6 Å². The zero-order valence-electron chi connectivity index (χ0n) is 9.97. The van der Waals surface area contributed by atoms with E-state index in [1.54, 1.807) is 0 Å². The Morgan fingerprint density at radius 2 is 2.12 bits per heavy atom. The summed E-state index contributed by atoms with van der Waals surface area (Å²) >= 11 is 0. The molecule has 1 aromatic rings. The zero-order valence-corrected chi connectivity index (χ0v) is 9.97. The topological polar surface area (TPSA) is 50.8 Å². The largest absolute Gasteiger partial charge is 0.399 e. The molecule has 90 valence electrons. The fourth-order valence-electron chi connectivity index (χ4n) is 2.60. The van der Waals surface area contributed by atoms with Crippen molar-refractivity contribution in [2.24, 2.45) is 11.1 Å². The monoisotopic (exact) mass is 231 g/mol. The highest BCUT2D eigenvalue weighted by Gasteiger charge is 2.40. The van der Waals surface area contributed by atoms with Gasteiger partial charge in [0.25, 0.3) is 0 Å². The van der Waals surface area contributed by atoms with Gasteiger partial charge in [0.1, 0.15) is 6.10 Å². The number of likely N-dealkylation sites (tertiary alicyclic amines) is 1. The number of nitrogen functional groups attached to an aromatic ring is 1. The van der Waals surface area contributed by atoms with Crippen LogP contribution in [0.5, 0.6) is 0 Å². The van der Waals surface area contributed by atoms with Gasteiger partial charge in [-0.2, -0.15) is 0 Å². The maximum Gasteiger partial charge on any atom is 0.149 e. The molecule has 2 atom stereocenters. The van der Waals surface area contributed by atoms with Gasteiger partial charge in [-0.1, -0.05) is 17.3 Å². The third-order valence-corrected chi connectivity index (χ3v) is 3.55. The number of oxime groups is 1. The van der Waals surface area contributed by atoms with Crippen LogP contribution < -0.4 is 5.73 Å². The van der Waals surface area contributed by atoms with E-state index in [0.29, 0.717) is 5.92 Å². The van der Waals surface area contributed by atoms with Crippen molar-refractivity contribution in [2.75, 3.05) is 25.9 Å². The molecule has 2 heterocycles. The number of nitrogens with two attached hydrogens (primary N) is 1. The molecule has 1 aromatic carbocycles. The van der Waals surface area contributed by atoms with Gasteiger partial charge in [-0.3, -0.25) is 0 Å². The summed E-state index contributed by atoms with van der Waals surface area (Å²) in [6, 6.07) is 7.99. The molecule has 2 N–H and O–H groups in total. The summed E-state index contributed by atoms with van der Waals surface area (Å²) in [7, 11) is 2.13. The first-order chi connectivity index (χ1) is 8.22. The molecule has 0 radical (unpaired) electrons. The lowest BCUT2D eigenvalue weighted by Crippen LogP contribution is -2.22. The highest BCUT2D eigenvalue weighted by atomic mass is 16.6. The van der Waals surface area contributed by atoms with Crippen molar-refractivity contribution in [2.45, 2.75) is 12.5 Å². The zero-order chi connectivity index (χ0) is 11.8. The normalized spacial score (nSPS) is 27.7. The number of anilines is 1. The molecule has 0 bridgehead atoms. The Labute approximate surface area is 101 Å². The van der Waals surface area contributed by atoms with Gasteiger partial charge in [-0.15, -0.1) is 0 Å². The third kappa shape index (κ3) is 2.00. The van der Waals surface area contributed by atoms with Gasteiger partial charge in [-0.05, 0) is 24.7 Å². The van der Waals surface area contributed by atoms with Crippen LogP contribution in [0, 0.1) is 5.92 Å². The fourth-order valence-corrected chi connectivity index (χ4v) is 2.60. The van der Waals surface area contributed by atoms with Gasteiger partial charge in [0, 0.05) is 25.2 Å². The highest BCUT2D eigenvalue weighted by molar-refractivity contribution is 5.90. The maximum absolute atomic E-state index is 5.68. The molecule has 17 heavy (non-hydrogen) atoms. The van der Waals surface area contributed by atoms with E-state index in [2.05, 4.69) is 29.2 Å². The van der Waals surface area contributed by atoms with E-state index >= 15 is 0 Å². The SMILES string of the molecule is CN1CC2ON=C(Cc3ccc(N)cc3)C2C1. The predicted molar refractivity (Wildman–Crippen MR) is 67.9 cm³/mol. The van der Waals surface area contributed by atoms with Crippen LogP contribution in [-0.2, 0) is 11.3 Å². The van der Waals surface area contributed by atoms with Crippen LogP contribution in [0.25, 0.3) is 0 Å². The molecule has 2 aliphatic rings. The van der Waals surface area contributed by atoms with Crippen LogP contribution >= 0.6 is 0 Å². The summed E-state index contributed by atoms with van der Waals surface area (Å²) in [5.41, 5.74) is 8.90. The summed E-state index contributed by atoms with van der Waals surface area (Å²) in [6.07, 6.45) is 1.14. The molecule has 1 saturated heterocycles. The number of rotatable bonds is 2. The Hall–Kier alpha value is -1.55. The van der Waals surface area contributed by atoms with Crippen LogP contribution in [-0.4, -0.2) is 36.9 Å². The minimum absolute atomic E-state index is 0.267. The smallest absolute Gasteiger partial charge is 0.149 e. The Balaban J connectivity index is 1.72. The summed E-state index contributed by atoms with van der Waals surface area (Å²) in [4.78, 5) is 7.78. The minimum atomic E-state index is 0.267. The second-order valence-electron chi connectivity index (χ2n) is 4.97. The molecular formula is C13H17N3O. The first kappa shape index (κ1) is 10.6. The second kappa shape index (κ2) is 4.04. The molecule has 4 nitrogen and oxygen atoms in total. The summed E-state index contributed by atoms with van der Waals surface area (Å²) in [6.45, 7) is 2.04. The van der Waals surface area contributed by atoms with Crippen LogP contribution in [0.3, 0.4) is 0 Å². The first-order valence-corrected chi connectivity index (χ1v) is 5.98. The molecule has 2 aliphatic heterocycles. The minimum Gasteiger partial charge on any atom is -0.399 e. The number of benzene rings is 1. The number of likely N-dealkylation sites (N-methyl/N-ethyl adjacent to an activating group) is 1. The number of hydrogen-bond acceptors (Lipinski definition) is 4. The van der Waals surface area contributed by atoms with Crippen molar-refractivity contribution in [1.29, 1.82) is 0 Å². The Morgan fingerprint density at radius 1 is 1.35 bits per heavy atom. The van der Waals surface area contributed by atoms with Crippen molar-refractivity contribution in [1.82, 2.24) is 4.90 Å². The van der Waals surface area contributed by atoms with Crippen molar-refractivity contribution in [3.8, 4) is 0 Å². The highest BCUT2D eigenvalue weighted by Crippen LogP contribution is 2.27. The third-order valence-electron chi connectivity index (χ3n) is 3.55. The summed E-state index contributed by atoms with van der Waals surface area (Å²) in [5, 5.41) is 4.23. The Kier molecular flexibility index (Phi) is 2.52. The second-order valence-corrected chi connectivity index (χ2v) is 4.97. The molecule has 0 spiro atoms. The van der Waals surface area contributed by atoms with E-state index < -0.39 is 0 Å². The van der Waals surface area contributed by atoms with E-state index in [-0.39, 0.29) is 6.10 Å². The van der Waals surface area contributed by atoms with Gasteiger partial charge in [0.15, 0.2) is 0 Å². The molecule has 0 aromatic heterocycles. The average molecular weight is 231 g/mol. The maximum atomic E-state index is 5.68. The summed E-state index contributed by atoms with van der Waals surface area (Å²) in [5.74, 6) is 0.470. The van der Waals surface area contributed by atoms with Gasteiger partial charge in [0.2, 0.25) is 0 Å². The van der Waals surface area contributed by atoms with Gasteiger partial charge < -0.3 is 15.5 Å². The lowest BCUT2D eigenvalue weighted by molar-refractivity contribution is 0.0773. The van der Waals surface area contributed by atoms with E-state index in [9.17, 15) is 0 Å². The standard InChI is InChI=1S/C13H17N3O/c1-16-7-11-12(15-17-13(11)8-16)6-9-2-4-10(14)5-3-9/h2-5,11,13H,6-8,14H2,1H3. The molecular weight excluding hydrogens is 214 g/mol. The van der Waals surface area contributed by atoms with Gasteiger partial charge in [0.05, 0.1) is 11.6 Å². The van der Waals surface area contributed by atoms with Crippen LogP contribution in [0.2, 0.25) is 0 Å². The van der Waals surface area contributed by atoms with Crippen molar-refractivity contribution >= 4 is 11.4 Å². The Bertz CT molecular complexity index is 440. The number of nitrogens with zero attached hydrogens (tertiary/aromatic N) is 2. The molecule has 1 fully saturated rings. The van der Waals surface area contributed by atoms with Gasteiger partial charge in [-0.25, -0.2) is 0 Å². The predicted octanol–water partition coefficient (Wildman–Crippen LogP) is 1.13. The van der Waals surface area contributed by atoms with E-state index in [0.717, 1.165) is 25.2 Å². The molecule has 0 saturated carbocycles. The number of hydrogen-bond donors (Lipinski definition) is 1. The van der Waals surface area contributed by atoms with E-state index in [1.807, 2.05) is 12.1 Å². The lowest BCUT2D eigenvalue weighted by atomic mass is 9.95. The fraction of sp³-hybridized carbons (Fsp3) is 0.462. The molecule has 2 unspecified atom stereocenters. The summed E-state index contributed by atoms with van der Waals surface area (Å²) < 4.78 is 0. The molecule has 4 heteroatoms. The number of fused-ring (bicyclic) bond motifs is 1. The quantitative estimate of drug-likeness (QED) is 0.776. The van der Waals surface area contributed by atoms with Gasteiger partial charge >= 0.3 is 0 Å². The van der Waals surface area contributed by atoms with Crippen LogP contribution in [0.15, 0.2) is 29.4 Å².